The summed E-state index contributed by atoms with van der Waals surface area (Å²) in [6.45, 7) is 8.15. The molecule has 0 unspecified atom stereocenters. The minimum Gasteiger partial charge on any atom is -0.340 e. The number of anilines is 2. The van der Waals surface area contributed by atoms with Gasteiger partial charge in [0.25, 0.3) is 0 Å². The fourth-order valence-corrected chi connectivity index (χ4v) is 2.34. The summed E-state index contributed by atoms with van der Waals surface area (Å²) in [4.78, 5) is 10.2. The van der Waals surface area contributed by atoms with Crippen LogP contribution < -0.4 is 5.32 Å². The first kappa shape index (κ1) is 16.1. The second kappa shape index (κ2) is 6.24. The number of rotatable bonds is 3. The fourth-order valence-electron chi connectivity index (χ4n) is 1.76. The van der Waals surface area contributed by atoms with E-state index in [9.17, 15) is 0 Å². The monoisotopic (exact) mass is 321 g/mol. The Labute approximate surface area is 135 Å². The van der Waals surface area contributed by atoms with E-state index in [1.165, 1.54) is 4.90 Å². The van der Waals surface area contributed by atoms with E-state index in [0.717, 1.165) is 22.9 Å². The molecule has 1 N–H and O–H groups in total. The third-order valence-corrected chi connectivity index (χ3v) is 4.22. The number of nitrogens with one attached hydrogen (secondary N) is 1. The van der Waals surface area contributed by atoms with Gasteiger partial charge in [0.1, 0.15) is 16.8 Å². The van der Waals surface area contributed by atoms with Crippen LogP contribution in [0.1, 0.15) is 32.2 Å². The summed E-state index contributed by atoms with van der Waals surface area (Å²) in [6.07, 6.45) is 2.06. The Morgan fingerprint density at radius 3 is 2.24 bits per heavy atom. The Bertz CT molecular complexity index is 633. The van der Waals surface area contributed by atoms with E-state index in [4.69, 9.17) is 11.6 Å². The van der Waals surface area contributed by atoms with Gasteiger partial charge >= 0.3 is 0 Å². The molecule has 0 saturated carbocycles. The molecule has 1 heterocycles. The van der Waals surface area contributed by atoms with Crippen LogP contribution in [-0.4, -0.2) is 16.2 Å². The van der Waals surface area contributed by atoms with Crippen molar-refractivity contribution in [3.63, 3.8) is 0 Å². The Balaban J connectivity index is 2.36. The first-order valence-corrected chi connectivity index (χ1v) is 8.37. The molecule has 0 bridgehead atoms. The van der Waals surface area contributed by atoms with Gasteiger partial charge in [0.15, 0.2) is 0 Å². The molecule has 0 amide bonds. The van der Waals surface area contributed by atoms with Gasteiger partial charge in [-0.25, -0.2) is 9.97 Å². The van der Waals surface area contributed by atoms with Gasteiger partial charge in [0.05, 0.1) is 0 Å². The lowest BCUT2D eigenvalue weighted by atomic mass is 9.95. The lowest BCUT2D eigenvalue weighted by Crippen LogP contribution is -2.17. The summed E-state index contributed by atoms with van der Waals surface area (Å²) in [7, 11) is 0. The molecular formula is C16H20ClN3S. The molecule has 0 fully saturated rings. The second-order valence-electron chi connectivity index (χ2n) is 5.92. The number of halogens is 1. The van der Waals surface area contributed by atoms with Crippen LogP contribution in [0.3, 0.4) is 0 Å². The van der Waals surface area contributed by atoms with Crippen molar-refractivity contribution in [2.45, 2.75) is 38.0 Å². The van der Waals surface area contributed by atoms with Crippen molar-refractivity contribution < 1.29 is 0 Å². The Morgan fingerprint density at radius 2 is 1.71 bits per heavy atom. The highest BCUT2D eigenvalue weighted by atomic mass is 35.5. The van der Waals surface area contributed by atoms with Crippen molar-refractivity contribution in [1.29, 1.82) is 0 Å². The summed E-state index contributed by atoms with van der Waals surface area (Å²) >= 11 is 7.97. The molecule has 1 aromatic carbocycles. The van der Waals surface area contributed by atoms with Gasteiger partial charge < -0.3 is 5.32 Å². The molecule has 21 heavy (non-hydrogen) atoms. The van der Waals surface area contributed by atoms with Crippen molar-refractivity contribution in [3.05, 3.63) is 40.8 Å². The topological polar surface area (TPSA) is 37.8 Å². The number of nitrogens with zero attached hydrogens (tertiary/aromatic N) is 2. The molecule has 0 aliphatic rings. The molecule has 2 aromatic rings. The Kier molecular flexibility index (Phi) is 4.79. The highest BCUT2D eigenvalue weighted by Crippen LogP contribution is 2.28. The maximum Gasteiger partial charge on any atom is 0.138 e. The molecule has 112 valence electrons. The molecule has 0 spiro atoms. The maximum absolute atomic E-state index is 6.24. The predicted molar refractivity (Wildman–Crippen MR) is 92.0 cm³/mol. The minimum atomic E-state index is -0.142. The quantitative estimate of drug-likeness (QED) is 0.622. The zero-order chi connectivity index (χ0) is 15.6. The molecule has 0 radical (unpaired) electrons. The van der Waals surface area contributed by atoms with E-state index in [1.807, 2.05) is 19.1 Å². The average Bonchev–Trinajstić information content (AvgIpc) is 2.43. The molecule has 5 heteroatoms. The van der Waals surface area contributed by atoms with E-state index < -0.39 is 0 Å². The summed E-state index contributed by atoms with van der Waals surface area (Å²) in [5.41, 5.74) is 1.71. The van der Waals surface area contributed by atoms with Crippen LogP contribution in [0.5, 0.6) is 0 Å². The summed E-state index contributed by atoms with van der Waals surface area (Å²) in [5.74, 6) is 1.50. The Hall–Kier alpha value is -1.26. The number of aromatic nitrogens is 2. The molecule has 0 atom stereocenters. The van der Waals surface area contributed by atoms with Crippen molar-refractivity contribution in [1.82, 2.24) is 9.97 Å². The predicted octanol–water partition coefficient (Wildman–Crippen LogP) is 5.20. The number of benzene rings is 1. The summed E-state index contributed by atoms with van der Waals surface area (Å²) in [6, 6.07) is 8.24. The van der Waals surface area contributed by atoms with Gasteiger partial charge in [-0.2, -0.15) is 0 Å². The molecular weight excluding hydrogens is 302 g/mol. The second-order valence-corrected chi connectivity index (χ2v) is 7.15. The number of hydrogen-bond donors (Lipinski definition) is 1. The van der Waals surface area contributed by atoms with Gasteiger partial charge in [-0.1, -0.05) is 32.4 Å². The van der Waals surface area contributed by atoms with Crippen LogP contribution in [0.15, 0.2) is 29.2 Å². The van der Waals surface area contributed by atoms with E-state index in [2.05, 4.69) is 54.4 Å². The van der Waals surface area contributed by atoms with Crippen LogP contribution in [0.4, 0.5) is 11.5 Å². The molecule has 0 aliphatic heterocycles. The third kappa shape index (κ3) is 3.89. The lowest BCUT2D eigenvalue weighted by molar-refractivity contribution is 0.545. The van der Waals surface area contributed by atoms with Gasteiger partial charge in [-0.15, -0.1) is 11.8 Å². The molecule has 1 aromatic heterocycles. The first-order valence-electron chi connectivity index (χ1n) is 6.77. The maximum atomic E-state index is 6.24. The SMILES string of the molecule is CSc1ccc(Nc2nc(C(C)(C)C)nc(Cl)c2C)cc1. The summed E-state index contributed by atoms with van der Waals surface area (Å²) < 4.78 is 0. The van der Waals surface area contributed by atoms with E-state index in [0.29, 0.717) is 5.15 Å². The van der Waals surface area contributed by atoms with Crippen molar-refractivity contribution >= 4 is 34.9 Å². The van der Waals surface area contributed by atoms with E-state index in [1.54, 1.807) is 11.8 Å². The normalized spacial score (nSPS) is 11.5. The van der Waals surface area contributed by atoms with Crippen LogP contribution in [0.25, 0.3) is 0 Å². The molecule has 0 saturated heterocycles. The lowest BCUT2D eigenvalue weighted by Gasteiger charge is -2.19. The van der Waals surface area contributed by atoms with Crippen LogP contribution in [0, 0.1) is 6.92 Å². The first-order chi connectivity index (χ1) is 9.81. The molecule has 0 aliphatic carbocycles. The van der Waals surface area contributed by atoms with Gasteiger partial charge in [-0.05, 0) is 37.4 Å². The molecule has 3 nitrogen and oxygen atoms in total. The highest BCUT2D eigenvalue weighted by Gasteiger charge is 2.20. The fraction of sp³-hybridized carbons (Fsp3) is 0.375. The number of thioether (sulfide) groups is 1. The van der Waals surface area contributed by atoms with Gasteiger partial charge in [0, 0.05) is 21.6 Å². The summed E-state index contributed by atoms with van der Waals surface area (Å²) in [5, 5.41) is 3.83. The molecule has 2 rings (SSSR count). The van der Waals surface area contributed by atoms with Gasteiger partial charge in [0.2, 0.25) is 0 Å². The van der Waals surface area contributed by atoms with Crippen molar-refractivity contribution in [2.75, 3.05) is 11.6 Å². The minimum absolute atomic E-state index is 0.142. The number of hydrogen-bond acceptors (Lipinski definition) is 4. The van der Waals surface area contributed by atoms with E-state index >= 15 is 0 Å². The van der Waals surface area contributed by atoms with Crippen molar-refractivity contribution in [3.8, 4) is 0 Å². The Morgan fingerprint density at radius 1 is 1.10 bits per heavy atom. The average molecular weight is 322 g/mol. The smallest absolute Gasteiger partial charge is 0.138 e. The third-order valence-electron chi connectivity index (χ3n) is 3.11. The van der Waals surface area contributed by atoms with Crippen molar-refractivity contribution in [2.24, 2.45) is 0 Å². The van der Waals surface area contributed by atoms with Crippen LogP contribution in [-0.2, 0) is 5.41 Å². The standard InChI is InChI=1S/C16H20ClN3S/c1-10-13(17)19-15(16(2,3)4)20-14(10)18-11-6-8-12(21-5)9-7-11/h6-9H,1-5H3,(H,18,19,20). The largest absolute Gasteiger partial charge is 0.340 e. The highest BCUT2D eigenvalue weighted by molar-refractivity contribution is 7.98. The zero-order valence-electron chi connectivity index (χ0n) is 13.0. The van der Waals surface area contributed by atoms with Gasteiger partial charge in [-0.3, -0.25) is 0 Å². The zero-order valence-corrected chi connectivity index (χ0v) is 14.6. The van der Waals surface area contributed by atoms with Crippen LogP contribution >= 0.6 is 23.4 Å². The van der Waals surface area contributed by atoms with Crippen LogP contribution in [0.2, 0.25) is 5.15 Å². The van der Waals surface area contributed by atoms with E-state index in [-0.39, 0.29) is 5.41 Å².